The Hall–Kier alpha value is -1.84. The minimum absolute atomic E-state index is 0.524. The van der Waals surface area contributed by atoms with Gasteiger partial charge in [0.25, 0.3) is 0 Å². The Morgan fingerprint density at radius 2 is 2.13 bits per heavy atom. The molecule has 2 aromatic rings. The van der Waals surface area contributed by atoms with E-state index in [0.29, 0.717) is 12.5 Å². The van der Waals surface area contributed by atoms with Crippen LogP contribution in [0.5, 0.6) is 0 Å². The van der Waals surface area contributed by atoms with Gasteiger partial charge in [0.15, 0.2) is 5.95 Å². The number of pyridine rings is 1. The number of aryl methyl sites for hydroxylation is 2. The van der Waals surface area contributed by atoms with Crippen molar-refractivity contribution >= 4 is 5.95 Å². The van der Waals surface area contributed by atoms with Gasteiger partial charge in [-0.25, -0.2) is 4.98 Å². The fourth-order valence-corrected chi connectivity index (χ4v) is 1.65. The number of nitrogens with two attached hydrogens (primary N) is 1. The molecule has 0 bridgehead atoms. The summed E-state index contributed by atoms with van der Waals surface area (Å²) in [4.78, 5) is 8.42. The van der Waals surface area contributed by atoms with Crippen LogP contribution in [0.3, 0.4) is 0 Å². The van der Waals surface area contributed by atoms with Crippen LogP contribution in [-0.2, 0) is 6.54 Å². The van der Waals surface area contributed by atoms with Crippen molar-refractivity contribution in [2.24, 2.45) is 0 Å². The molecular formula is C11H14N4. The van der Waals surface area contributed by atoms with Crippen LogP contribution in [0, 0.1) is 13.8 Å². The Morgan fingerprint density at radius 3 is 2.73 bits per heavy atom. The zero-order valence-electron chi connectivity index (χ0n) is 8.94. The first-order chi connectivity index (χ1) is 7.15. The Bertz CT molecular complexity index is 453. The molecule has 0 saturated heterocycles. The van der Waals surface area contributed by atoms with Gasteiger partial charge in [-0.3, -0.25) is 4.98 Å². The molecule has 0 radical (unpaired) electrons. The number of hydrogen-bond acceptors (Lipinski definition) is 3. The molecule has 0 aromatic carbocycles. The molecule has 15 heavy (non-hydrogen) atoms. The third-order valence-corrected chi connectivity index (χ3v) is 2.23. The molecule has 0 aliphatic rings. The molecule has 0 amide bonds. The van der Waals surface area contributed by atoms with Crippen molar-refractivity contribution in [2.45, 2.75) is 20.4 Å². The van der Waals surface area contributed by atoms with E-state index in [1.165, 1.54) is 5.56 Å². The third-order valence-electron chi connectivity index (χ3n) is 2.23. The van der Waals surface area contributed by atoms with Gasteiger partial charge in [0.2, 0.25) is 0 Å². The van der Waals surface area contributed by atoms with Crippen LogP contribution in [-0.4, -0.2) is 14.5 Å². The number of aromatic nitrogens is 3. The highest BCUT2D eigenvalue weighted by Gasteiger charge is 2.01. The molecule has 2 heterocycles. The van der Waals surface area contributed by atoms with Crippen LogP contribution < -0.4 is 5.73 Å². The standard InChI is InChI=1S/C11H14N4/c1-8-5-9(2)14-10(6-8)7-15-4-3-13-11(15)12/h3-6H,7H2,1-2H3,(H2,12,13). The largest absolute Gasteiger partial charge is 0.369 e. The van der Waals surface area contributed by atoms with Gasteiger partial charge in [-0.1, -0.05) is 0 Å². The van der Waals surface area contributed by atoms with Crippen molar-refractivity contribution in [3.05, 3.63) is 41.5 Å². The summed E-state index contributed by atoms with van der Waals surface area (Å²) in [5.74, 6) is 0.524. The first-order valence-corrected chi connectivity index (χ1v) is 4.86. The number of nitrogens with zero attached hydrogens (tertiary/aromatic N) is 3. The fourth-order valence-electron chi connectivity index (χ4n) is 1.65. The molecule has 0 aliphatic carbocycles. The summed E-state index contributed by atoms with van der Waals surface area (Å²) in [5.41, 5.74) is 8.95. The molecule has 0 spiro atoms. The molecule has 2 N–H and O–H groups in total. The number of hydrogen-bond donors (Lipinski definition) is 1. The van der Waals surface area contributed by atoms with Crippen LogP contribution in [0.15, 0.2) is 24.5 Å². The van der Waals surface area contributed by atoms with E-state index in [9.17, 15) is 0 Å². The number of imidazole rings is 1. The van der Waals surface area contributed by atoms with Gasteiger partial charge in [-0.05, 0) is 31.5 Å². The smallest absolute Gasteiger partial charge is 0.200 e. The molecule has 0 atom stereocenters. The second-order valence-corrected chi connectivity index (χ2v) is 3.69. The average Bonchev–Trinajstić information content (AvgIpc) is 2.50. The SMILES string of the molecule is Cc1cc(C)nc(Cn2ccnc2N)c1. The number of nitrogen functional groups attached to an aromatic ring is 1. The first-order valence-electron chi connectivity index (χ1n) is 4.86. The molecule has 4 heteroatoms. The zero-order valence-corrected chi connectivity index (χ0v) is 8.94. The Kier molecular flexibility index (Phi) is 2.41. The van der Waals surface area contributed by atoms with Crippen molar-refractivity contribution in [3.63, 3.8) is 0 Å². The second kappa shape index (κ2) is 3.73. The van der Waals surface area contributed by atoms with Crippen molar-refractivity contribution in [2.75, 3.05) is 5.73 Å². The molecule has 2 aromatic heterocycles. The Morgan fingerprint density at radius 1 is 1.33 bits per heavy atom. The van der Waals surface area contributed by atoms with Crippen LogP contribution in [0.1, 0.15) is 17.0 Å². The maximum absolute atomic E-state index is 5.69. The average molecular weight is 202 g/mol. The quantitative estimate of drug-likeness (QED) is 0.803. The van der Waals surface area contributed by atoms with Gasteiger partial charge in [0, 0.05) is 18.1 Å². The highest BCUT2D eigenvalue weighted by molar-refractivity contribution is 5.23. The van der Waals surface area contributed by atoms with E-state index >= 15 is 0 Å². The van der Waals surface area contributed by atoms with Gasteiger partial charge in [-0.15, -0.1) is 0 Å². The van der Waals surface area contributed by atoms with E-state index < -0.39 is 0 Å². The molecule has 0 aliphatic heterocycles. The van der Waals surface area contributed by atoms with Gasteiger partial charge in [0.1, 0.15) is 0 Å². The van der Waals surface area contributed by atoms with Crippen molar-refractivity contribution in [3.8, 4) is 0 Å². The van der Waals surface area contributed by atoms with Crippen molar-refractivity contribution < 1.29 is 0 Å². The second-order valence-electron chi connectivity index (χ2n) is 3.69. The van der Waals surface area contributed by atoms with Gasteiger partial charge < -0.3 is 10.3 Å². The van der Waals surface area contributed by atoms with Crippen molar-refractivity contribution in [1.29, 1.82) is 0 Å². The minimum Gasteiger partial charge on any atom is -0.369 e. The molecule has 78 valence electrons. The summed E-state index contributed by atoms with van der Waals surface area (Å²) in [7, 11) is 0. The summed E-state index contributed by atoms with van der Waals surface area (Å²) >= 11 is 0. The summed E-state index contributed by atoms with van der Waals surface area (Å²) in [5, 5.41) is 0. The molecule has 0 fully saturated rings. The predicted octanol–water partition coefficient (Wildman–Crippen LogP) is 1.53. The Labute approximate surface area is 88.8 Å². The molecule has 4 nitrogen and oxygen atoms in total. The summed E-state index contributed by atoms with van der Waals surface area (Å²) in [6.07, 6.45) is 3.55. The third kappa shape index (κ3) is 2.15. The normalized spacial score (nSPS) is 10.5. The van der Waals surface area contributed by atoms with Crippen LogP contribution >= 0.6 is 0 Å². The lowest BCUT2D eigenvalue weighted by Crippen LogP contribution is -2.05. The minimum atomic E-state index is 0.524. The number of anilines is 1. The first kappa shape index (κ1) is 9.71. The van der Waals surface area contributed by atoms with Crippen LogP contribution in [0.2, 0.25) is 0 Å². The maximum atomic E-state index is 5.69. The monoisotopic (exact) mass is 202 g/mol. The van der Waals surface area contributed by atoms with Gasteiger partial charge >= 0.3 is 0 Å². The predicted molar refractivity (Wildman–Crippen MR) is 59.5 cm³/mol. The van der Waals surface area contributed by atoms with Gasteiger partial charge in [-0.2, -0.15) is 0 Å². The summed E-state index contributed by atoms with van der Waals surface area (Å²) < 4.78 is 1.88. The maximum Gasteiger partial charge on any atom is 0.200 e. The molecule has 2 rings (SSSR count). The Balaban J connectivity index is 2.28. The zero-order chi connectivity index (χ0) is 10.8. The molecule has 0 unspecified atom stereocenters. The van der Waals surface area contributed by atoms with E-state index in [0.717, 1.165) is 11.4 Å². The summed E-state index contributed by atoms with van der Waals surface area (Å²) in [6.45, 7) is 4.73. The van der Waals surface area contributed by atoms with Crippen LogP contribution in [0.4, 0.5) is 5.95 Å². The van der Waals surface area contributed by atoms with Gasteiger partial charge in [0.05, 0.1) is 12.2 Å². The van der Waals surface area contributed by atoms with Crippen LogP contribution in [0.25, 0.3) is 0 Å². The fraction of sp³-hybridized carbons (Fsp3) is 0.273. The van der Waals surface area contributed by atoms with E-state index in [4.69, 9.17) is 5.73 Å². The highest BCUT2D eigenvalue weighted by atomic mass is 15.1. The highest BCUT2D eigenvalue weighted by Crippen LogP contribution is 2.08. The lowest BCUT2D eigenvalue weighted by molar-refractivity contribution is 0.779. The number of rotatable bonds is 2. The lowest BCUT2D eigenvalue weighted by atomic mass is 10.2. The topological polar surface area (TPSA) is 56.7 Å². The van der Waals surface area contributed by atoms with E-state index in [2.05, 4.69) is 29.0 Å². The molecular weight excluding hydrogens is 188 g/mol. The van der Waals surface area contributed by atoms with E-state index in [1.54, 1.807) is 6.20 Å². The lowest BCUT2D eigenvalue weighted by Gasteiger charge is -2.06. The van der Waals surface area contributed by atoms with Crippen molar-refractivity contribution in [1.82, 2.24) is 14.5 Å². The van der Waals surface area contributed by atoms with E-state index in [-0.39, 0.29) is 0 Å². The molecule has 0 saturated carbocycles. The van der Waals surface area contributed by atoms with E-state index in [1.807, 2.05) is 17.7 Å². The summed E-state index contributed by atoms with van der Waals surface area (Å²) in [6, 6.07) is 4.12.